The number of hydrogen-bond acceptors (Lipinski definition) is 4. The highest BCUT2D eigenvalue weighted by Gasteiger charge is 2.36. The Morgan fingerprint density at radius 1 is 0.750 bits per heavy atom. The van der Waals surface area contributed by atoms with Crippen LogP contribution >= 0.6 is 23.1 Å². The lowest BCUT2D eigenvalue weighted by Crippen LogP contribution is -2.07. The molecular formula is C22H10F6N2S2. The van der Waals surface area contributed by atoms with Gasteiger partial charge in [-0.3, -0.25) is 4.98 Å². The molecule has 4 aromatic rings. The van der Waals surface area contributed by atoms with Crippen LogP contribution in [0.5, 0.6) is 0 Å². The fourth-order valence-electron chi connectivity index (χ4n) is 3.45. The number of aromatic nitrogens is 2. The van der Waals surface area contributed by atoms with Crippen LogP contribution in [0.1, 0.15) is 11.1 Å². The molecule has 0 fully saturated rings. The lowest BCUT2D eigenvalue weighted by atomic mass is 10.0. The highest BCUT2D eigenvalue weighted by Crippen LogP contribution is 2.52. The topological polar surface area (TPSA) is 25.8 Å². The van der Waals surface area contributed by atoms with Crippen molar-refractivity contribution in [2.45, 2.75) is 22.1 Å². The van der Waals surface area contributed by atoms with Crippen LogP contribution in [0.15, 0.2) is 70.7 Å². The van der Waals surface area contributed by atoms with Crippen LogP contribution in [0.3, 0.4) is 0 Å². The molecule has 1 aliphatic heterocycles. The van der Waals surface area contributed by atoms with Gasteiger partial charge in [-0.1, -0.05) is 36.0 Å². The molecule has 0 unspecified atom stereocenters. The maximum absolute atomic E-state index is 13.6. The molecule has 0 saturated carbocycles. The van der Waals surface area contributed by atoms with Crippen LogP contribution in [0, 0.1) is 0 Å². The molecule has 32 heavy (non-hydrogen) atoms. The predicted molar refractivity (Wildman–Crippen MR) is 110 cm³/mol. The molecule has 2 aromatic carbocycles. The smallest absolute Gasteiger partial charge is 0.264 e. The minimum atomic E-state index is -4.60. The van der Waals surface area contributed by atoms with E-state index in [0.717, 1.165) is 41.9 Å². The number of alkyl halides is 6. The second kappa shape index (κ2) is 7.35. The van der Waals surface area contributed by atoms with Crippen LogP contribution in [-0.4, -0.2) is 9.97 Å². The second-order valence-corrected chi connectivity index (χ2v) is 9.01. The number of pyridine rings is 1. The van der Waals surface area contributed by atoms with E-state index >= 15 is 0 Å². The molecule has 0 saturated heterocycles. The summed E-state index contributed by atoms with van der Waals surface area (Å²) in [4.78, 5) is 9.93. The first-order valence-electron chi connectivity index (χ1n) is 9.14. The van der Waals surface area contributed by atoms with Gasteiger partial charge in [0.2, 0.25) is 0 Å². The summed E-state index contributed by atoms with van der Waals surface area (Å²) in [6.45, 7) is 0. The molecule has 0 N–H and O–H groups in total. The Hall–Kier alpha value is -2.85. The van der Waals surface area contributed by atoms with Crippen molar-refractivity contribution < 1.29 is 26.3 Å². The van der Waals surface area contributed by atoms with Gasteiger partial charge in [-0.2, -0.15) is 26.3 Å². The van der Waals surface area contributed by atoms with Gasteiger partial charge in [-0.25, -0.2) is 4.98 Å². The van der Waals surface area contributed by atoms with Gasteiger partial charge in [0.25, 0.3) is 0 Å². The molecule has 0 spiro atoms. The van der Waals surface area contributed by atoms with Gasteiger partial charge in [0.1, 0.15) is 5.01 Å². The number of nitrogens with zero attached hydrogens (tertiary/aromatic N) is 2. The number of rotatable bonds is 1. The highest BCUT2D eigenvalue weighted by atomic mass is 32.2. The van der Waals surface area contributed by atoms with Crippen molar-refractivity contribution in [2.75, 3.05) is 0 Å². The zero-order valence-electron chi connectivity index (χ0n) is 15.8. The fraction of sp³-hybridized carbons (Fsp3) is 0.0909. The molecule has 3 heterocycles. The minimum Gasteiger partial charge on any atom is -0.264 e. The molecule has 0 radical (unpaired) electrons. The standard InChI is InChI=1S/C22H10F6N2S2/c23-21(24,25)11-5-6-12-17(9-11)31-16-4-2-1-3-13(16)19-18(12)30-20(32-19)14-10-29-8-7-15(14)22(26,27)28/h1-10H. The van der Waals surface area contributed by atoms with E-state index < -0.39 is 23.5 Å². The summed E-state index contributed by atoms with van der Waals surface area (Å²) in [7, 11) is 0. The van der Waals surface area contributed by atoms with Crippen molar-refractivity contribution in [3.8, 4) is 32.3 Å². The van der Waals surface area contributed by atoms with Crippen molar-refractivity contribution in [1.29, 1.82) is 0 Å². The first kappa shape index (κ1) is 21.0. The third kappa shape index (κ3) is 3.57. The Kier molecular flexibility index (Phi) is 4.82. The van der Waals surface area contributed by atoms with Crippen LogP contribution in [0.4, 0.5) is 26.3 Å². The maximum Gasteiger partial charge on any atom is 0.417 e. The first-order chi connectivity index (χ1) is 15.1. The van der Waals surface area contributed by atoms with Crippen molar-refractivity contribution in [3.05, 3.63) is 72.1 Å². The molecule has 10 heteroatoms. The summed E-state index contributed by atoms with van der Waals surface area (Å²) in [5, 5.41) is 0.1000. The van der Waals surface area contributed by atoms with Gasteiger partial charge in [-0.15, -0.1) is 11.3 Å². The third-order valence-electron chi connectivity index (χ3n) is 4.90. The number of benzene rings is 2. The summed E-state index contributed by atoms with van der Waals surface area (Å²) in [5.41, 5.74) is -0.342. The Morgan fingerprint density at radius 2 is 1.53 bits per heavy atom. The molecule has 2 aromatic heterocycles. The van der Waals surface area contributed by atoms with E-state index in [4.69, 9.17) is 0 Å². The number of halogens is 6. The molecule has 2 nitrogen and oxygen atoms in total. The predicted octanol–water partition coefficient (Wildman–Crippen LogP) is 8.04. The van der Waals surface area contributed by atoms with Gasteiger partial charge in [0, 0.05) is 38.9 Å². The van der Waals surface area contributed by atoms with Crippen molar-refractivity contribution in [2.24, 2.45) is 0 Å². The van der Waals surface area contributed by atoms with Crippen molar-refractivity contribution in [1.82, 2.24) is 9.97 Å². The summed E-state index contributed by atoms with van der Waals surface area (Å²) in [6.07, 6.45) is -6.95. The lowest BCUT2D eigenvalue weighted by molar-refractivity contribution is -0.138. The SMILES string of the molecule is FC(F)(F)c1ccc2c(c1)Sc1ccccc1-c1sc(-c3cnccc3C(F)(F)F)nc1-2. The van der Waals surface area contributed by atoms with Crippen LogP contribution in [0.25, 0.3) is 32.3 Å². The first-order valence-corrected chi connectivity index (χ1v) is 10.8. The van der Waals surface area contributed by atoms with Crippen LogP contribution in [-0.2, 0) is 12.4 Å². The molecule has 0 aliphatic carbocycles. The number of thiazole rings is 1. The van der Waals surface area contributed by atoms with E-state index in [0.29, 0.717) is 31.5 Å². The van der Waals surface area contributed by atoms with Crippen LogP contribution in [0.2, 0.25) is 0 Å². The minimum absolute atomic E-state index is 0.1000. The molecule has 0 atom stereocenters. The Bertz CT molecular complexity index is 1340. The summed E-state index contributed by atoms with van der Waals surface area (Å²) < 4.78 is 80.6. The molecule has 162 valence electrons. The second-order valence-electron chi connectivity index (χ2n) is 6.92. The van der Waals surface area contributed by atoms with Crippen molar-refractivity contribution >= 4 is 23.1 Å². The van der Waals surface area contributed by atoms with Crippen LogP contribution < -0.4 is 0 Å². The van der Waals surface area contributed by atoms with Gasteiger partial charge in [0.05, 0.1) is 21.7 Å². The number of fused-ring (bicyclic) bond motifs is 5. The highest BCUT2D eigenvalue weighted by molar-refractivity contribution is 7.99. The van der Waals surface area contributed by atoms with Gasteiger partial charge >= 0.3 is 12.4 Å². The third-order valence-corrected chi connectivity index (χ3v) is 7.16. The molecule has 0 bridgehead atoms. The van der Waals surface area contributed by atoms with E-state index in [2.05, 4.69) is 9.97 Å². The monoisotopic (exact) mass is 480 g/mol. The molecule has 1 aliphatic rings. The van der Waals surface area contributed by atoms with Crippen molar-refractivity contribution in [3.63, 3.8) is 0 Å². The summed E-state index contributed by atoms with van der Waals surface area (Å²) >= 11 is 2.24. The molecular weight excluding hydrogens is 470 g/mol. The molecule has 5 rings (SSSR count). The Morgan fingerprint density at radius 3 is 2.28 bits per heavy atom. The largest absolute Gasteiger partial charge is 0.417 e. The average Bonchev–Trinajstić information content (AvgIpc) is 3.13. The van der Waals surface area contributed by atoms with E-state index in [1.165, 1.54) is 17.8 Å². The van der Waals surface area contributed by atoms with E-state index in [9.17, 15) is 26.3 Å². The van der Waals surface area contributed by atoms with Gasteiger partial charge < -0.3 is 0 Å². The fourth-order valence-corrected chi connectivity index (χ4v) is 5.78. The summed E-state index contributed by atoms with van der Waals surface area (Å²) in [6, 6.07) is 11.3. The lowest BCUT2D eigenvalue weighted by Gasteiger charge is -2.12. The zero-order chi connectivity index (χ0) is 22.7. The van der Waals surface area contributed by atoms with E-state index in [-0.39, 0.29) is 10.6 Å². The Labute approximate surface area is 186 Å². The van der Waals surface area contributed by atoms with Gasteiger partial charge in [0.15, 0.2) is 0 Å². The Balaban J connectivity index is 1.77. The zero-order valence-corrected chi connectivity index (χ0v) is 17.4. The average molecular weight is 480 g/mol. The quantitative estimate of drug-likeness (QED) is 0.227. The normalized spacial score (nSPS) is 13.2. The molecule has 0 amide bonds. The maximum atomic E-state index is 13.6. The number of hydrogen-bond donors (Lipinski definition) is 0. The van der Waals surface area contributed by atoms with Gasteiger partial charge in [-0.05, 0) is 24.3 Å². The van der Waals surface area contributed by atoms with E-state index in [1.54, 1.807) is 24.3 Å². The summed E-state index contributed by atoms with van der Waals surface area (Å²) in [5.74, 6) is 0. The van der Waals surface area contributed by atoms with E-state index in [1.807, 2.05) is 0 Å².